The number of ether oxygens (including phenoxy) is 1. The van der Waals surface area contributed by atoms with E-state index in [0.717, 1.165) is 22.3 Å². The Morgan fingerprint density at radius 1 is 1.12 bits per heavy atom. The van der Waals surface area contributed by atoms with Crippen LogP contribution in [0.5, 0.6) is 5.75 Å². The predicted molar refractivity (Wildman–Crippen MR) is 91.4 cm³/mol. The van der Waals surface area contributed by atoms with Gasteiger partial charge in [-0.3, -0.25) is 9.82 Å². The molecule has 4 nitrogen and oxygen atoms in total. The fraction of sp³-hybridized carbons (Fsp3) is 0.250. The second-order valence-corrected chi connectivity index (χ2v) is 7.17. The maximum Gasteiger partial charge on any atom is 0.220 e. The SMILES string of the molecule is CC1(C)CN2OC2(c2cnc3c(F)cccc3c2)c2ccccc2O1. The number of hydroxylamine groups is 2. The lowest BCUT2D eigenvalue weighted by Gasteiger charge is -2.24. The number of pyridine rings is 1. The smallest absolute Gasteiger partial charge is 0.220 e. The first kappa shape index (κ1) is 14.8. The van der Waals surface area contributed by atoms with Gasteiger partial charge in [0.2, 0.25) is 5.72 Å². The lowest BCUT2D eigenvalue weighted by molar-refractivity contribution is 0.0499. The standard InChI is InChI=1S/C20H17FN2O2/c1-19(2)12-23-20(25-23,15-7-3-4-9-17(15)24-19)14-10-13-6-5-8-16(21)18(13)22-11-14/h3-11H,12H2,1-2H3. The van der Waals surface area contributed by atoms with Crippen LogP contribution in [0.3, 0.4) is 0 Å². The van der Waals surface area contributed by atoms with Gasteiger partial charge in [-0.05, 0) is 32.0 Å². The molecule has 3 heterocycles. The van der Waals surface area contributed by atoms with Gasteiger partial charge in [0.15, 0.2) is 0 Å². The molecule has 5 heteroatoms. The van der Waals surface area contributed by atoms with E-state index in [2.05, 4.69) is 4.98 Å². The molecule has 0 radical (unpaired) electrons. The number of rotatable bonds is 1. The van der Waals surface area contributed by atoms with Gasteiger partial charge in [0.25, 0.3) is 0 Å². The summed E-state index contributed by atoms with van der Waals surface area (Å²) in [6, 6.07) is 14.8. The summed E-state index contributed by atoms with van der Waals surface area (Å²) >= 11 is 0. The van der Waals surface area contributed by atoms with Crippen LogP contribution in [0.15, 0.2) is 54.7 Å². The van der Waals surface area contributed by atoms with Crippen LogP contribution in [0.25, 0.3) is 10.9 Å². The van der Waals surface area contributed by atoms with E-state index < -0.39 is 5.72 Å². The molecule has 25 heavy (non-hydrogen) atoms. The molecule has 2 aliphatic rings. The molecule has 3 aromatic rings. The van der Waals surface area contributed by atoms with Crippen molar-refractivity contribution in [1.82, 2.24) is 10.0 Å². The molecule has 0 saturated carbocycles. The van der Waals surface area contributed by atoms with Gasteiger partial charge in [0.1, 0.15) is 22.7 Å². The number of nitrogens with zero attached hydrogens (tertiary/aromatic N) is 2. The Hall–Kier alpha value is -2.50. The molecule has 0 bridgehead atoms. The number of aromatic nitrogens is 1. The van der Waals surface area contributed by atoms with Crippen LogP contribution in [0.2, 0.25) is 0 Å². The minimum atomic E-state index is -0.724. The van der Waals surface area contributed by atoms with Crippen LogP contribution in [0.4, 0.5) is 4.39 Å². The van der Waals surface area contributed by atoms with Gasteiger partial charge in [-0.15, -0.1) is 5.06 Å². The molecule has 2 atom stereocenters. The van der Waals surface area contributed by atoms with Crippen LogP contribution >= 0.6 is 0 Å². The zero-order chi connectivity index (χ0) is 17.2. The average molecular weight is 336 g/mol. The van der Waals surface area contributed by atoms with Crippen molar-refractivity contribution >= 4 is 10.9 Å². The van der Waals surface area contributed by atoms with Crippen molar-refractivity contribution < 1.29 is 14.0 Å². The van der Waals surface area contributed by atoms with Crippen LogP contribution in [0, 0.1) is 5.82 Å². The van der Waals surface area contributed by atoms with Crippen LogP contribution in [0.1, 0.15) is 25.0 Å². The van der Waals surface area contributed by atoms with Crippen molar-refractivity contribution in [3.63, 3.8) is 0 Å². The van der Waals surface area contributed by atoms with Gasteiger partial charge in [0.05, 0.1) is 6.54 Å². The number of hydrogen-bond donors (Lipinski definition) is 0. The first-order valence-electron chi connectivity index (χ1n) is 8.30. The molecule has 0 spiro atoms. The fourth-order valence-corrected chi connectivity index (χ4v) is 3.64. The monoisotopic (exact) mass is 336 g/mol. The van der Waals surface area contributed by atoms with Gasteiger partial charge >= 0.3 is 0 Å². The number of fused-ring (bicyclic) bond motifs is 4. The molecular formula is C20H17FN2O2. The molecule has 0 amide bonds. The fourth-order valence-electron chi connectivity index (χ4n) is 3.64. The summed E-state index contributed by atoms with van der Waals surface area (Å²) in [4.78, 5) is 10.4. The van der Waals surface area contributed by atoms with E-state index in [4.69, 9.17) is 9.57 Å². The summed E-state index contributed by atoms with van der Waals surface area (Å²) in [6.07, 6.45) is 1.69. The Morgan fingerprint density at radius 3 is 2.84 bits per heavy atom. The Balaban J connectivity index is 1.72. The van der Waals surface area contributed by atoms with Gasteiger partial charge in [-0.1, -0.05) is 30.3 Å². The minimum Gasteiger partial charge on any atom is -0.486 e. The van der Waals surface area contributed by atoms with Crippen molar-refractivity contribution in [1.29, 1.82) is 0 Å². The molecule has 0 N–H and O–H groups in total. The Bertz CT molecular complexity index is 1000. The van der Waals surface area contributed by atoms with E-state index in [1.165, 1.54) is 6.07 Å². The van der Waals surface area contributed by atoms with Crippen molar-refractivity contribution in [3.05, 3.63) is 71.7 Å². The zero-order valence-electron chi connectivity index (χ0n) is 14.0. The first-order valence-corrected chi connectivity index (χ1v) is 8.30. The Morgan fingerprint density at radius 2 is 1.96 bits per heavy atom. The summed E-state index contributed by atoms with van der Waals surface area (Å²) in [7, 11) is 0. The average Bonchev–Trinajstić information content (AvgIpc) is 3.29. The second-order valence-electron chi connectivity index (χ2n) is 7.17. The van der Waals surface area contributed by atoms with E-state index in [-0.39, 0.29) is 11.4 Å². The van der Waals surface area contributed by atoms with Gasteiger partial charge < -0.3 is 4.74 Å². The lowest BCUT2D eigenvalue weighted by Crippen LogP contribution is -2.36. The highest BCUT2D eigenvalue weighted by atomic mass is 19.1. The van der Waals surface area contributed by atoms with Crippen LogP contribution < -0.4 is 4.74 Å². The zero-order valence-corrected chi connectivity index (χ0v) is 14.0. The summed E-state index contributed by atoms with van der Waals surface area (Å²) in [5.74, 6) is 0.479. The number of halogens is 1. The van der Waals surface area contributed by atoms with Crippen molar-refractivity contribution in [3.8, 4) is 5.75 Å². The van der Waals surface area contributed by atoms with E-state index >= 15 is 0 Å². The van der Waals surface area contributed by atoms with E-state index in [1.807, 2.05) is 55.3 Å². The highest BCUT2D eigenvalue weighted by Crippen LogP contribution is 2.55. The van der Waals surface area contributed by atoms with Crippen LogP contribution in [-0.2, 0) is 10.6 Å². The quantitative estimate of drug-likeness (QED) is 0.630. The normalized spacial score (nSPS) is 26.3. The second kappa shape index (κ2) is 4.77. The lowest BCUT2D eigenvalue weighted by atomic mass is 9.96. The highest BCUT2D eigenvalue weighted by Gasteiger charge is 2.62. The van der Waals surface area contributed by atoms with Gasteiger partial charge in [0, 0.05) is 22.7 Å². The molecule has 1 saturated heterocycles. The third-order valence-electron chi connectivity index (χ3n) is 4.78. The third kappa shape index (κ3) is 2.09. The van der Waals surface area contributed by atoms with Crippen molar-refractivity contribution in [2.45, 2.75) is 25.2 Å². The topological polar surface area (TPSA) is 37.7 Å². The van der Waals surface area contributed by atoms with Crippen molar-refractivity contribution in [2.75, 3.05) is 6.54 Å². The van der Waals surface area contributed by atoms with Gasteiger partial charge in [-0.2, -0.15) is 0 Å². The van der Waals surface area contributed by atoms with E-state index in [9.17, 15) is 4.39 Å². The molecule has 1 fully saturated rings. The molecule has 5 rings (SSSR count). The highest BCUT2D eigenvalue weighted by molar-refractivity contribution is 5.80. The maximum absolute atomic E-state index is 13.9. The minimum absolute atomic E-state index is 0.319. The van der Waals surface area contributed by atoms with Gasteiger partial charge in [-0.25, -0.2) is 4.39 Å². The van der Waals surface area contributed by atoms with Crippen LogP contribution in [-0.4, -0.2) is 22.2 Å². The summed E-state index contributed by atoms with van der Waals surface area (Å²) in [6.45, 7) is 4.69. The van der Waals surface area contributed by atoms with E-state index in [0.29, 0.717) is 12.1 Å². The number of hydrogen-bond acceptors (Lipinski definition) is 4. The Kier molecular flexibility index (Phi) is 2.83. The molecule has 126 valence electrons. The predicted octanol–water partition coefficient (Wildman–Crippen LogP) is 3.99. The summed E-state index contributed by atoms with van der Waals surface area (Å²) in [5.41, 5.74) is 1.08. The molecule has 2 aliphatic heterocycles. The van der Waals surface area contributed by atoms with Crippen molar-refractivity contribution in [2.24, 2.45) is 0 Å². The summed E-state index contributed by atoms with van der Waals surface area (Å²) in [5, 5.41) is 2.67. The Labute approximate surface area is 144 Å². The maximum atomic E-state index is 13.9. The summed E-state index contributed by atoms with van der Waals surface area (Å²) < 4.78 is 20.1. The molecular weight excluding hydrogens is 319 g/mol. The molecule has 2 aromatic carbocycles. The third-order valence-corrected chi connectivity index (χ3v) is 4.78. The largest absolute Gasteiger partial charge is 0.486 e. The van der Waals surface area contributed by atoms with E-state index in [1.54, 1.807) is 12.3 Å². The molecule has 1 aromatic heterocycles. The first-order chi connectivity index (χ1) is 12.0. The molecule has 0 aliphatic carbocycles. The number of benzene rings is 2. The number of para-hydroxylation sites is 2. The molecule has 2 unspecified atom stereocenters.